The molecule has 3 heteroatoms. The third kappa shape index (κ3) is 5.55. The molecule has 0 aliphatic heterocycles. The average molecular weight is 212 g/mol. The summed E-state index contributed by atoms with van der Waals surface area (Å²) >= 11 is 0. The van der Waals surface area contributed by atoms with Gasteiger partial charge in [-0.25, -0.2) is 0 Å². The maximum atomic E-state index is 11.5. The Morgan fingerprint density at radius 2 is 1.87 bits per heavy atom. The monoisotopic (exact) mass is 212 g/mol. The number of hydrogen-bond donors (Lipinski definition) is 0. The van der Waals surface area contributed by atoms with Crippen molar-refractivity contribution in [2.24, 2.45) is 5.92 Å². The summed E-state index contributed by atoms with van der Waals surface area (Å²) in [5, 5.41) is 0. The molecule has 0 aromatic heterocycles. The van der Waals surface area contributed by atoms with E-state index in [9.17, 15) is 9.59 Å². The van der Waals surface area contributed by atoms with Gasteiger partial charge < -0.3 is 4.74 Å². The summed E-state index contributed by atoms with van der Waals surface area (Å²) in [6.07, 6.45) is 7.30. The molecule has 1 aliphatic rings. The topological polar surface area (TPSA) is 43.4 Å². The Hall–Kier alpha value is -0.860. The number of esters is 1. The van der Waals surface area contributed by atoms with E-state index in [1.807, 2.05) is 0 Å². The lowest BCUT2D eigenvalue weighted by molar-refractivity contribution is -0.141. The SMILES string of the molecule is CC(=O)OCCC(=O)CC1CCCCC1. The molecule has 0 N–H and O–H groups in total. The van der Waals surface area contributed by atoms with Gasteiger partial charge in [0.25, 0.3) is 0 Å². The van der Waals surface area contributed by atoms with E-state index in [2.05, 4.69) is 0 Å². The smallest absolute Gasteiger partial charge is 0.302 e. The van der Waals surface area contributed by atoms with Crippen LogP contribution in [0.1, 0.15) is 51.9 Å². The van der Waals surface area contributed by atoms with Gasteiger partial charge in [0.15, 0.2) is 0 Å². The standard InChI is InChI=1S/C12H20O3/c1-10(13)15-8-7-12(14)9-11-5-3-2-4-6-11/h11H,2-9H2,1H3. The first-order chi connectivity index (χ1) is 7.18. The second-order valence-electron chi connectivity index (χ2n) is 4.34. The van der Waals surface area contributed by atoms with E-state index < -0.39 is 0 Å². The van der Waals surface area contributed by atoms with Crippen molar-refractivity contribution in [1.29, 1.82) is 0 Å². The highest BCUT2D eigenvalue weighted by molar-refractivity contribution is 5.79. The second-order valence-corrected chi connectivity index (χ2v) is 4.34. The minimum atomic E-state index is -0.305. The molecule has 0 unspecified atom stereocenters. The maximum Gasteiger partial charge on any atom is 0.302 e. The molecule has 0 atom stereocenters. The second kappa shape index (κ2) is 6.59. The van der Waals surface area contributed by atoms with Gasteiger partial charge in [0.2, 0.25) is 0 Å². The molecular formula is C12H20O3. The third-order valence-corrected chi connectivity index (χ3v) is 2.93. The third-order valence-electron chi connectivity index (χ3n) is 2.93. The van der Waals surface area contributed by atoms with Crippen LogP contribution in [-0.2, 0) is 14.3 Å². The summed E-state index contributed by atoms with van der Waals surface area (Å²) in [4.78, 5) is 22.0. The van der Waals surface area contributed by atoms with Crippen LogP contribution in [-0.4, -0.2) is 18.4 Å². The zero-order chi connectivity index (χ0) is 11.1. The number of hydrogen-bond acceptors (Lipinski definition) is 3. The Kier molecular flexibility index (Phi) is 5.37. The molecule has 86 valence electrons. The van der Waals surface area contributed by atoms with E-state index >= 15 is 0 Å². The molecule has 1 fully saturated rings. The molecular weight excluding hydrogens is 192 g/mol. The first-order valence-corrected chi connectivity index (χ1v) is 5.83. The highest BCUT2D eigenvalue weighted by atomic mass is 16.5. The van der Waals surface area contributed by atoms with Gasteiger partial charge >= 0.3 is 5.97 Å². The first-order valence-electron chi connectivity index (χ1n) is 5.83. The molecule has 15 heavy (non-hydrogen) atoms. The predicted octanol–water partition coefficient (Wildman–Crippen LogP) is 2.48. The van der Waals surface area contributed by atoms with Crippen molar-refractivity contribution in [2.45, 2.75) is 51.9 Å². The van der Waals surface area contributed by atoms with E-state index in [1.165, 1.54) is 39.0 Å². The molecule has 0 heterocycles. The lowest BCUT2D eigenvalue weighted by Crippen LogP contribution is -2.14. The molecule has 1 rings (SSSR count). The lowest BCUT2D eigenvalue weighted by atomic mass is 9.85. The molecule has 0 aromatic rings. The van der Waals surface area contributed by atoms with Crippen molar-refractivity contribution in [3.05, 3.63) is 0 Å². The Balaban J connectivity index is 2.09. The molecule has 0 radical (unpaired) electrons. The molecule has 0 amide bonds. The average Bonchev–Trinajstić information content (AvgIpc) is 2.18. The van der Waals surface area contributed by atoms with Crippen LogP contribution in [0.2, 0.25) is 0 Å². The number of carbonyl (C=O) groups excluding carboxylic acids is 2. The van der Waals surface area contributed by atoms with Crippen molar-refractivity contribution in [3.8, 4) is 0 Å². The van der Waals surface area contributed by atoms with Crippen LogP contribution in [0.25, 0.3) is 0 Å². The van der Waals surface area contributed by atoms with Crippen LogP contribution in [0, 0.1) is 5.92 Å². The zero-order valence-electron chi connectivity index (χ0n) is 9.46. The first kappa shape index (κ1) is 12.2. The van der Waals surface area contributed by atoms with Crippen LogP contribution in [0.3, 0.4) is 0 Å². The van der Waals surface area contributed by atoms with Crippen molar-refractivity contribution in [1.82, 2.24) is 0 Å². The molecule has 1 aliphatic carbocycles. The van der Waals surface area contributed by atoms with Gasteiger partial charge in [-0.15, -0.1) is 0 Å². The largest absolute Gasteiger partial charge is 0.465 e. The van der Waals surface area contributed by atoms with Crippen molar-refractivity contribution in [3.63, 3.8) is 0 Å². The summed E-state index contributed by atoms with van der Waals surface area (Å²) in [5.74, 6) is 0.521. The summed E-state index contributed by atoms with van der Waals surface area (Å²) < 4.78 is 4.74. The minimum Gasteiger partial charge on any atom is -0.465 e. The fraction of sp³-hybridized carbons (Fsp3) is 0.833. The van der Waals surface area contributed by atoms with Gasteiger partial charge in [-0.1, -0.05) is 32.1 Å². The van der Waals surface area contributed by atoms with Gasteiger partial charge in [-0.05, 0) is 5.92 Å². The van der Waals surface area contributed by atoms with Crippen LogP contribution in [0.4, 0.5) is 0 Å². The maximum absolute atomic E-state index is 11.5. The van der Waals surface area contributed by atoms with E-state index in [4.69, 9.17) is 4.74 Å². The number of Topliss-reactive ketones (excluding diaryl/α,β-unsaturated/α-hetero) is 1. The minimum absolute atomic E-state index is 0.239. The summed E-state index contributed by atoms with van der Waals surface area (Å²) in [6.45, 7) is 1.62. The van der Waals surface area contributed by atoms with Gasteiger partial charge in [0.1, 0.15) is 5.78 Å². The fourth-order valence-corrected chi connectivity index (χ4v) is 2.12. The fourth-order valence-electron chi connectivity index (χ4n) is 2.12. The van der Waals surface area contributed by atoms with Gasteiger partial charge in [-0.2, -0.15) is 0 Å². The van der Waals surface area contributed by atoms with Gasteiger partial charge in [0, 0.05) is 19.8 Å². The van der Waals surface area contributed by atoms with Crippen molar-refractivity contribution < 1.29 is 14.3 Å². The molecule has 1 saturated carbocycles. The van der Waals surface area contributed by atoms with Crippen molar-refractivity contribution in [2.75, 3.05) is 6.61 Å². The highest BCUT2D eigenvalue weighted by Crippen LogP contribution is 2.26. The summed E-state index contributed by atoms with van der Waals surface area (Å²) in [5.41, 5.74) is 0. The van der Waals surface area contributed by atoms with E-state index in [-0.39, 0.29) is 18.4 Å². The molecule has 0 bridgehead atoms. The van der Waals surface area contributed by atoms with Crippen LogP contribution < -0.4 is 0 Å². The van der Waals surface area contributed by atoms with Gasteiger partial charge in [0.05, 0.1) is 6.61 Å². The van der Waals surface area contributed by atoms with Crippen molar-refractivity contribution >= 4 is 11.8 Å². The summed E-state index contributed by atoms with van der Waals surface area (Å²) in [7, 11) is 0. The normalized spacial score (nSPS) is 17.4. The van der Waals surface area contributed by atoms with Crippen LogP contribution in [0.5, 0.6) is 0 Å². The van der Waals surface area contributed by atoms with Crippen LogP contribution >= 0.6 is 0 Å². The number of carbonyl (C=O) groups is 2. The molecule has 0 saturated heterocycles. The number of ketones is 1. The van der Waals surface area contributed by atoms with Crippen LogP contribution in [0.15, 0.2) is 0 Å². The highest BCUT2D eigenvalue weighted by Gasteiger charge is 2.16. The predicted molar refractivity (Wildman–Crippen MR) is 57.4 cm³/mol. The number of ether oxygens (including phenoxy) is 1. The Labute approximate surface area is 91.2 Å². The Bertz CT molecular complexity index is 217. The van der Waals surface area contributed by atoms with Gasteiger partial charge in [-0.3, -0.25) is 9.59 Å². The molecule has 3 nitrogen and oxygen atoms in total. The quantitative estimate of drug-likeness (QED) is 0.657. The summed E-state index contributed by atoms with van der Waals surface area (Å²) in [6, 6.07) is 0. The Morgan fingerprint density at radius 1 is 1.20 bits per heavy atom. The van der Waals surface area contributed by atoms with E-state index in [1.54, 1.807) is 0 Å². The lowest BCUT2D eigenvalue weighted by Gasteiger charge is -2.20. The molecule has 0 aromatic carbocycles. The Morgan fingerprint density at radius 3 is 2.47 bits per heavy atom. The number of rotatable bonds is 5. The van der Waals surface area contributed by atoms with E-state index in [0.29, 0.717) is 18.8 Å². The molecule has 0 spiro atoms. The van der Waals surface area contributed by atoms with E-state index in [0.717, 1.165) is 0 Å². The zero-order valence-corrected chi connectivity index (χ0v) is 9.46.